The van der Waals surface area contributed by atoms with Crippen LogP contribution in [-0.2, 0) is 16.6 Å². The van der Waals surface area contributed by atoms with E-state index < -0.39 is 10.0 Å². The summed E-state index contributed by atoms with van der Waals surface area (Å²) >= 11 is 3.12. The van der Waals surface area contributed by atoms with Gasteiger partial charge in [0.05, 0.1) is 6.54 Å². The molecule has 1 heterocycles. The van der Waals surface area contributed by atoms with Crippen LogP contribution < -0.4 is 10.5 Å². The fourth-order valence-corrected chi connectivity index (χ4v) is 4.22. The Balaban J connectivity index is 2.62. The first-order valence-corrected chi connectivity index (χ1v) is 9.19. The van der Waals surface area contributed by atoms with E-state index in [0.717, 1.165) is 19.3 Å². The van der Waals surface area contributed by atoms with E-state index in [-0.39, 0.29) is 22.2 Å². The van der Waals surface area contributed by atoms with Crippen molar-refractivity contribution >= 4 is 26.0 Å². The van der Waals surface area contributed by atoms with Crippen LogP contribution in [0.15, 0.2) is 20.0 Å². The predicted molar refractivity (Wildman–Crippen MR) is 82.8 cm³/mol. The number of nitrogens with two attached hydrogens (primary N) is 1. The summed E-state index contributed by atoms with van der Waals surface area (Å²) in [5, 5.41) is 0. The molecule has 0 radical (unpaired) electrons. The molecule has 1 rings (SSSR count). The number of unbranched alkanes of at least 4 members (excludes halogenated alkanes) is 3. The zero-order chi connectivity index (χ0) is 15.2. The van der Waals surface area contributed by atoms with Crippen LogP contribution >= 0.6 is 15.9 Å². The number of hydrogen-bond donors (Lipinski definition) is 2. The minimum Gasteiger partial charge on any atom is -0.452 e. The third-order valence-corrected chi connectivity index (χ3v) is 5.49. The van der Waals surface area contributed by atoms with Gasteiger partial charge in [-0.15, -0.1) is 0 Å². The average Bonchev–Trinajstić information content (AvgIpc) is 2.76. The molecule has 7 heteroatoms. The molecule has 0 saturated heterocycles. The van der Waals surface area contributed by atoms with Crippen LogP contribution in [0.5, 0.6) is 0 Å². The molecule has 0 bridgehead atoms. The first-order valence-electron chi connectivity index (χ1n) is 6.91. The molecule has 0 fully saturated rings. The quantitative estimate of drug-likeness (QED) is 0.657. The summed E-state index contributed by atoms with van der Waals surface area (Å²) in [6.07, 6.45) is 5.35. The summed E-state index contributed by atoms with van der Waals surface area (Å²) in [4.78, 5) is 0.110. The number of hydrogen-bond acceptors (Lipinski definition) is 4. The van der Waals surface area contributed by atoms with Crippen molar-refractivity contribution in [2.45, 2.75) is 63.4 Å². The lowest BCUT2D eigenvalue weighted by Crippen LogP contribution is -2.32. The van der Waals surface area contributed by atoms with Gasteiger partial charge < -0.3 is 10.2 Å². The highest BCUT2D eigenvalue weighted by Gasteiger charge is 2.23. The first-order chi connectivity index (χ1) is 9.40. The summed E-state index contributed by atoms with van der Waals surface area (Å²) in [6.45, 7) is 4.19. The first kappa shape index (κ1) is 17.7. The zero-order valence-corrected chi connectivity index (χ0v) is 14.4. The van der Waals surface area contributed by atoms with Crippen molar-refractivity contribution in [3.63, 3.8) is 0 Å². The summed E-state index contributed by atoms with van der Waals surface area (Å²) in [5.41, 5.74) is 5.44. The SMILES string of the molecule is CCCCCCC(C)NS(=O)(=O)c1cc(CN)oc1Br. The second kappa shape index (κ2) is 8.17. The van der Waals surface area contributed by atoms with Gasteiger partial charge >= 0.3 is 0 Å². The number of nitrogens with one attached hydrogen (secondary N) is 1. The Morgan fingerprint density at radius 1 is 1.40 bits per heavy atom. The van der Waals surface area contributed by atoms with Crippen LogP contribution in [0.2, 0.25) is 0 Å². The number of halogens is 1. The Morgan fingerprint density at radius 3 is 2.65 bits per heavy atom. The van der Waals surface area contributed by atoms with Crippen molar-refractivity contribution in [2.24, 2.45) is 5.73 Å². The largest absolute Gasteiger partial charge is 0.452 e. The molecule has 1 unspecified atom stereocenters. The van der Waals surface area contributed by atoms with Gasteiger partial charge in [-0.1, -0.05) is 32.6 Å². The fraction of sp³-hybridized carbons (Fsp3) is 0.692. The topological polar surface area (TPSA) is 85.3 Å². The minimum atomic E-state index is -3.57. The number of furan rings is 1. The highest BCUT2D eigenvalue weighted by atomic mass is 79.9. The number of sulfonamides is 1. The normalized spacial score (nSPS) is 13.6. The van der Waals surface area contributed by atoms with Gasteiger partial charge in [-0.2, -0.15) is 0 Å². The lowest BCUT2D eigenvalue weighted by Gasteiger charge is -2.13. The molecular formula is C13H23BrN2O3S. The smallest absolute Gasteiger partial charge is 0.245 e. The molecule has 0 aliphatic heterocycles. The Morgan fingerprint density at radius 2 is 2.10 bits per heavy atom. The van der Waals surface area contributed by atoms with Crippen LogP contribution in [0.25, 0.3) is 0 Å². The molecule has 116 valence electrons. The van der Waals surface area contributed by atoms with Crippen LogP contribution in [-0.4, -0.2) is 14.5 Å². The van der Waals surface area contributed by atoms with Gasteiger partial charge in [-0.25, -0.2) is 13.1 Å². The third kappa shape index (κ3) is 5.20. The molecule has 0 spiro atoms. The summed E-state index contributed by atoms with van der Waals surface area (Å²) in [5.74, 6) is 0.438. The Bertz CT molecular complexity index is 514. The van der Waals surface area contributed by atoms with Crippen molar-refractivity contribution in [3.8, 4) is 0 Å². The highest BCUT2D eigenvalue weighted by Crippen LogP contribution is 2.26. The van der Waals surface area contributed by atoms with E-state index in [9.17, 15) is 8.42 Å². The molecule has 1 atom stereocenters. The summed E-state index contributed by atoms with van der Waals surface area (Å²) < 4.78 is 32.6. The van der Waals surface area contributed by atoms with Gasteiger partial charge in [0.2, 0.25) is 10.0 Å². The molecule has 0 amide bonds. The van der Waals surface area contributed by atoms with Crippen molar-refractivity contribution in [3.05, 3.63) is 16.5 Å². The molecule has 0 aromatic carbocycles. The predicted octanol–water partition coefficient (Wildman–Crippen LogP) is 3.14. The maximum atomic E-state index is 12.2. The van der Waals surface area contributed by atoms with Crippen molar-refractivity contribution in [1.82, 2.24) is 4.72 Å². The standard InChI is InChI=1S/C13H23BrN2O3S/c1-3-4-5-6-7-10(2)16-20(17,18)12-8-11(9-15)19-13(12)14/h8,10,16H,3-7,9,15H2,1-2H3. The van der Waals surface area contributed by atoms with E-state index in [1.54, 1.807) is 0 Å². The third-order valence-electron chi connectivity index (χ3n) is 3.04. The Labute approximate surface area is 129 Å². The van der Waals surface area contributed by atoms with E-state index in [2.05, 4.69) is 27.6 Å². The second-order valence-electron chi connectivity index (χ2n) is 4.93. The van der Waals surface area contributed by atoms with Gasteiger partial charge in [-0.3, -0.25) is 0 Å². The van der Waals surface area contributed by atoms with Crippen molar-refractivity contribution in [2.75, 3.05) is 0 Å². The molecule has 1 aromatic heterocycles. The monoisotopic (exact) mass is 366 g/mol. The molecule has 5 nitrogen and oxygen atoms in total. The zero-order valence-electron chi connectivity index (χ0n) is 12.0. The molecule has 1 aromatic rings. The molecular weight excluding hydrogens is 344 g/mol. The second-order valence-corrected chi connectivity index (χ2v) is 7.33. The Hall–Kier alpha value is -0.370. The molecule has 0 aliphatic carbocycles. The summed E-state index contributed by atoms with van der Waals surface area (Å²) in [6, 6.07) is 1.36. The van der Waals surface area contributed by atoms with E-state index in [1.165, 1.54) is 18.9 Å². The maximum absolute atomic E-state index is 12.2. The fourth-order valence-electron chi connectivity index (χ4n) is 1.95. The van der Waals surface area contributed by atoms with Gasteiger partial charge in [0, 0.05) is 12.1 Å². The van der Waals surface area contributed by atoms with Crippen molar-refractivity contribution in [1.29, 1.82) is 0 Å². The van der Waals surface area contributed by atoms with E-state index >= 15 is 0 Å². The van der Waals surface area contributed by atoms with Crippen molar-refractivity contribution < 1.29 is 12.8 Å². The average molecular weight is 367 g/mol. The minimum absolute atomic E-state index is 0.0972. The van der Waals surface area contributed by atoms with Gasteiger partial charge in [0.25, 0.3) is 0 Å². The lowest BCUT2D eigenvalue weighted by molar-refractivity contribution is 0.482. The summed E-state index contributed by atoms with van der Waals surface area (Å²) in [7, 11) is -3.57. The molecule has 0 aliphatic rings. The maximum Gasteiger partial charge on any atom is 0.245 e. The van der Waals surface area contributed by atoms with E-state index in [1.807, 2.05) is 6.92 Å². The van der Waals surface area contributed by atoms with Crippen LogP contribution in [0.1, 0.15) is 51.7 Å². The molecule has 0 saturated carbocycles. The van der Waals surface area contributed by atoms with Gasteiger partial charge in [-0.05, 0) is 29.3 Å². The lowest BCUT2D eigenvalue weighted by atomic mass is 10.1. The van der Waals surface area contributed by atoms with E-state index in [4.69, 9.17) is 10.2 Å². The van der Waals surface area contributed by atoms with Crippen LogP contribution in [0, 0.1) is 0 Å². The van der Waals surface area contributed by atoms with E-state index in [0.29, 0.717) is 5.76 Å². The van der Waals surface area contributed by atoms with Gasteiger partial charge in [0.1, 0.15) is 10.7 Å². The molecule has 3 N–H and O–H groups in total. The Kier molecular flexibility index (Phi) is 7.22. The van der Waals surface area contributed by atoms with Crippen LogP contribution in [0.4, 0.5) is 0 Å². The van der Waals surface area contributed by atoms with Gasteiger partial charge in [0.15, 0.2) is 4.67 Å². The highest BCUT2D eigenvalue weighted by molar-refractivity contribution is 9.10. The van der Waals surface area contributed by atoms with Crippen LogP contribution in [0.3, 0.4) is 0 Å². The molecule has 20 heavy (non-hydrogen) atoms. The number of rotatable bonds is 9.